The van der Waals surface area contributed by atoms with E-state index in [1.54, 1.807) is 6.07 Å². The number of furan rings is 1. The molecule has 0 radical (unpaired) electrons. The number of amides is 2. The van der Waals surface area contributed by atoms with Gasteiger partial charge in [0, 0.05) is 5.56 Å². The molecule has 10 heteroatoms. The Morgan fingerprint density at radius 1 is 1.22 bits per heavy atom. The minimum atomic E-state index is -0.659. The molecular weight excluding hydrogens is 454 g/mol. The highest BCUT2D eigenvalue weighted by molar-refractivity contribution is 7.21. The molecule has 4 rings (SSSR count). The zero-order valence-electron chi connectivity index (χ0n) is 16.9. The Labute approximate surface area is 191 Å². The van der Waals surface area contributed by atoms with Crippen LogP contribution in [0.3, 0.4) is 0 Å². The predicted molar refractivity (Wildman–Crippen MR) is 121 cm³/mol. The number of aromatic nitrogens is 1. The van der Waals surface area contributed by atoms with Gasteiger partial charge in [0.15, 0.2) is 28.9 Å². The van der Waals surface area contributed by atoms with Crippen molar-refractivity contribution in [2.45, 2.75) is 6.54 Å². The molecule has 0 atom stereocenters. The molecule has 0 spiro atoms. The number of nitrogens with zero attached hydrogens (tertiary/aromatic N) is 1. The fraction of sp³-hybridized carbons (Fsp3) is 0.136. The lowest BCUT2D eigenvalue weighted by atomic mass is 10.2. The first kappa shape index (κ1) is 21.7. The number of para-hydroxylation sites is 1. The van der Waals surface area contributed by atoms with Gasteiger partial charge in [-0.25, -0.2) is 4.98 Å². The van der Waals surface area contributed by atoms with E-state index in [-0.39, 0.29) is 41.1 Å². The number of carbonyl (C=O) groups excluding carboxylic acids is 2. The van der Waals surface area contributed by atoms with E-state index in [1.807, 2.05) is 30.3 Å². The molecule has 4 aromatic rings. The van der Waals surface area contributed by atoms with E-state index >= 15 is 0 Å². The number of nitrogens with two attached hydrogens (primary N) is 1. The highest BCUT2D eigenvalue weighted by atomic mass is 35.5. The monoisotopic (exact) mass is 471 g/mol. The molecule has 32 heavy (non-hydrogen) atoms. The summed E-state index contributed by atoms with van der Waals surface area (Å²) in [6, 6.07) is 14.3. The van der Waals surface area contributed by atoms with Crippen molar-refractivity contribution in [2.24, 2.45) is 5.73 Å². The molecule has 0 aliphatic carbocycles. The number of rotatable bonds is 8. The SMILES string of the molecule is COc1cc(C(=O)NCc2ccc(-c3nc4ccccc4s3)o2)cc(Cl)c1OCC(N)=O. The second kappa shape index (κ2) is 9.29. The summed E-state index contributed by atoms with van der Waals surface area (Å²) in [5.74, 6) is 0.512. The average molecular weight is 472 g/mol. The van der Waals surface area contributed by atoms with Gasteiger partial charge in [-0.2, -0.15) is 0 Å². The van der Waals surface area contributed by atoms with Crippen molar-refractivity contribution in [3.8, 4) is 22.3 Å². The van der Waals surface area contributed by atoms with E-state index < -0.39 is 5.91 Å². The van der Waals surface area contributed by atoms with Crippen molar-refractivity contribution in [1.82, 2.24) is 10.3 Å². The van der Waals surface area contributed by atoms with Crippen molar-refractivity contribution < 1.29 is 23.5 Å². The van der Waals surface area contributed by atoms with E-state index in [2.05, 4.69) is 10.3 Å². The Morgan fingerprint density at radius 3 is 2.78 bits per heavy atom. The summed E-state index contributed by atoms with van der Waals surface area (Å²) in [5, 5.41) is 3.66. The first-order valence-electron chi connectivity index (χ1n) is 9.46. The number of methoxy groups -OCH3 is 1. The number of fused-ring (bicyclic) bond motifs is 1. The molecule has 2 aromatic carbocycles. The highest BCUT2D eigenvalue weighted by Gasteiger charge is 2.17. The zero-order valence-corrected chi connectivity index (χ0v) is 18.5. The third-order valence-electron chi connectivity index (χ3n) is 4.44. The van der Waals surface area contributed by atoms with E-state index in [4.69, 9.17) is 31.2 Å². The molecule has 0 aliphatic rings. The fourth-order valence-corrected chi connectivity index (χ4v) is 4.16. The van der Waals surface area contributed by atoms with Gasteiger partial charge in [-0.15, -0.1) is 11.3 Å². The van der Waals surface area contributed by atoms with Crippen LogP contribution in [0, 0.1) is 0 Å². The summed E-state index contributed by atoms with van der Waals surface area (Å²) in [5.41, 5.74) is 6.26. The Balaban J connectivity index is 1.44. The predicted octanol–water partition coefficient (Wildman–Crippen LogP) is 4.01. The number of hydrogen-bond donors (Lipinski definition) is 2. The minimum absolute atomic E-state index is 0.117. The van der Waals surface area contributed by atoms with Crippen LogP contribution in [-0.4, -0.2) is 30.5 Å². The quantitative estimate of drug-likeness (QED) is 0.401. The maximum atomic E-state index is 12.6. The lowest BCUT2D eigenvalue weighted by Crippen LogP contribution is -2.23. The third kappa shape index (κ3) is 4.68. The van der Waals surface area contributed by atoms with Crippen LogP contribution in [0.15, 0.2) is 52.9 Å². The van der Waals surface area contributed by atoms with Crippen molar-refractivity contribution in [2.75, 3.05) is 13.7 Å². The van der Waals surface area contributed by atoms with Crippen LogP contribution in [0.5, 0.6) is 11.5 Å². The molecule has 3 N–H and O–H groups in total. The first-order chi connectivity index (χ1) is 15.4. The summed E-state index contributed by atoms with van der Waals surface area (Å²) in [7, 11) is 1.40. The molecule has 0 unspecified atom stereocenters. The minimum Gasteiger partial charge on any atom is -0.493 e. The van der Waals surface area contributed by atoms with Crippen molar-refractivity contribution in [3.63, 3.8) is 0 Å². The smallest absolute Gasteiger partial charge is 0.255 e. The Hall–Kier alpha value is -3.56. The number of primary amides is 1. The zero-order chi connectivity index (χ0) is 22.7. The molecule has 0 aliphatic heterocycles. The number of carbonyl (C=O) groups is 2. The Morgan fingerprint density at radius 2 is 2.03 bits per heavy atom. The van der Waals surface area contributed by atoms with Crippen molar-refractivity contribution in [1.29, 1.82) is 0 Å². The van der Waals surface area contributed by atoms with Gasteiger partial charge in [0.1, 0.15) is 5.76 Å². The Bertz CT molecular complexity index is 1270. The van der Waals surface area contributed by atoms with E-state index in [1.165, 1.54) is 30.6 Å². The summed E-state index contributed by atoms with van der Waals surface area (Å²) < 4.78 is 17.4. The van der Waals surface area contributed by atoms with Gasteiger partial charge in [0.25, 0.3) is 11.8 Å². The maximum Gasteiger partial charge on any atom is 0.255 e. The van der Waals surface area contributed by atoms with Crippen LogP contribution in [0.1, 0.15) is 16.1 Å². The standard InChI is InChI=1S/C22H18ClN3O5S/c1-29-17-9-12(8-14(23)20(17)30-11-19(24)27)21(28)25-10-13-6-7-16(31-13)22-26-15-4-2-3-5-18(15)32-22/h2-9H,10-11H2,1H3,(H2,24,27)(H,25,28). The molecule has 8 nitrogen and oxygen atoms in total. The summed E-state index contributed by atoms with van der Waals surface area (Å²) in [6.45, 7) is -0.194. The molecule has 0 fully saturated rings. The number of thiazole rings is 1. The van der Waals surface area contributed by atoms with E-state index in [0.29, 0.717) is 11.5 Å². The second-order valence-electron chi connectivity index (χ2n) is 6.68. The van der Waals surface area contributed by atoms with Gasteiger partial charge in [0.2, 0.25) is 0 Å². The van der Waals surface area contributed by atoms with E-state index in [9.17, 15) is 9.59 Å². The maximum absolute atomic E-state index is 12.6. The normalized spacial score (nSPS) is 10.8. The molecule has 2 amide bonds. The molecule has 164 valence electrons. The number of hydrogen-bond acceptors (Lipinski definition) is 7. The van der Waals surface area contributed by atoms with Gasteiger partial charge in [-0.3, -0.25) is 9.59 Å². The Kier molecular flexibility index (Phi) is 6.29. The van der Waals surface area contributed by atoms with Gasteiger partial charge in [0.05, 0.1) is 28.9 Å². The van der Waals surface area contributed by atoms with Crippen molar-refractivity contribution >= 4 is 45.0 Å². The van der Waals surface area contributed by atoms with Crippen LogP contribution < -0.4 is 20.5 Å². The molecular formula is C22H18ClN3O5S. The molecule has 2 heterocycles. The lowest BCUT2D eigenvalue weighted by molar-refractivity contribution is -0.119. The van der Waals surface area contributed by atoms with Crippen molar-refractivity contribution in [3.05, 3.63) is 64.9 Å². The largest absolute Gasteiger partial charge is 0.493 e. The van der Waals surface area contributed by atoms with Crippen LogP contribution in [0.25, 0.3) is 21.0 Å². The highest BCUT2D eigenvalue weighted by Crippen LogP contribution is 2.36. The van der Waals surface area contributed by atoms with Crippen LogP contribution in [0.2, 0.25) is 5.02 Å². The number of ether oxygens (including phenoxy) is 2. The van der Waals surface area contributed by atoms with Gasteiger partial charge in [-0.05, 0) is 36.4 Å². The van der Waals surface area contributed by atoms with Gasteiger partial charge >= 0.3 is 0 Å². The third-order valence-corrected chi connectivity index (χ3v) is 5.77. The lowest BCUT2D eigenvalue weighted by Gasteiger charge is -2.13. The topological polar surface area (TPSA) is 117 Å². The summed E-state index contributed by atoms with van der Waals surface area (Å²) >= 11 is 7.74. The summed E-state index contributed by atoms with van der Waals surface area (Å²) in [4.78, 5) is 28.1. The van der Waals surface area contributed by atoms with Crippen LogP contribution in [-0.2, 0) is 11.3 Å². The van der Waals surface area contributed by atoms with Gasteiger partial charge in [-0.1, -0.05) is 23.7 Å². The average Bonchev–Trinajstić information content (AvgIpc) is 3.42. The number of nitrogens with one attached hydrogen (secondary N) is 1. The van der Waals surface area contributed by atoms with Gasteiger partial charge < -0.3 is 24.9 Å². The second-order valence-corrected chi connectivity index (χ2v) is 8.12. The van der Waals surface area contributed by atoms with Crippen LogP contribution in [0.4, 0.5) is 0 Å². The molecule has 0 saturated heterocycles. The molecule has 0 saturated carbocycles. The molecule has 0 bridgehead atoms. The number of halogens is 1. The fourth-order valence-electron chi connectivity index (χ4n) is 2.97. The first-order valence-corrected chi connectivity index (χ1v) is 10.7. The summed E-state index contributed by atoms with van der Waals surface area (Å²) in [6.07, 6.45) is 0. The van der Waals surface area contributed by atoms with E-state index in [0.717, 1.165) is 15.2 Å². The number of benzene rings is 2. The molecule has 2 aromatic heterocycles. The van der Waals surface area contributed by atoms with Crippen LogP contribution >= 0.6 is 22.9 Å².